The number of carbonyl (C=O) groups excluding carboxylic acids is 1. The first-order valence-corrected chi connectivity index (χ1v) is 7.10. The molecule has 3 N–H and O–H groups in total. The van der Waals surface area contributed by atoms with Gasteiger partial charge in [-0.05, 0) is 11.8 Å². The third kappa shape index (κ3) is 2.68. The molecule has 1 amide bonds. The van der Waals surface area contributed by atoms with Crippen LogP contribution < -0.4 is 5.32 Å². The topological polar surface area (TPSA) is 113 Å². The highest BCUT2D eigenvalue weighted by atomic mass is 16.4. The van der Waals surface area contributed by atoms with E-state index >= 15 is 0 Å². The van der Waals surface area contributed by atoms with Crippen LogP contribution in [-0.2, 0) is 23.1 Å². The van der Waals surface area contributed by atoms with Crippen molar-refractivity contribution in [1.82, 2.24) is 20.0 Å². The summed E-state index contributed by atoms with van der Waals surface area (Å²) < 4.78 is 1.62. The molecule has 0 saturated heterocycles. The van der Waals surface area contributed by atoms with E-state index in [0.29, 0.717) is 17.9 Å². The maximum Gasteiger partial charge on any atom is 0.316 e. The Balaban J connectivity index is 2.38. The number of aliphatic carboxylic acids is 1. The second-order valence-electron chi connectivity index (χ2n) is 6.35. The summed E-state index contributed by atoms with van der Waals surface area (Å²) in [6.07, 6.45) is 0.682. The third-order valence-electron chi connectivity index (χ3n) is 3.57. The number of amides is 1. The quantitative estimate of drug-likeness (QED) is 0.742. The third-order valence-corrected chi connectivity index (χ3v) is 3.57. The molecule has 22 heavy (non-hydrogen) atoms. The smallest absolute Gasteiger partial charge is 0.316 e. The number of hydrogen-bond acceptors (Lipinski definition) is 4. The molecule has 0 aliphatic rings. The van der Waals surface area contributed by atoms with Gasteiger partial charge in [-0.1, -0.05) is 27.7 Å². The van der Waals surface area contributed by atoms with Crippen molar-refractivity contribution < 1.29 is 14.7 Å². The number of aromatic nitrogens is 4. The van der Waals surface area contributed by atoms with Gasteiger partial charge >= 0.3 is 5.97 Å². The van der Waals surface area contributed by atoms with Crippen molar-refractivity contribution in [2.75, 3.05) is 5.32 Å². The Morgan fingerprint density at radius 1 is 1.41 bits per heavy atom. The van der Waals surface area contributed by atoms with E-state index in [0.717, 1.165) is 11.1 Å². The minimum Gasteiger partial charge on any atom is -0.481 e. The van der Waals surface area contributed by atoms with Gasteiger partial charge in [0.05, 0.1) is 11.1 Å². The number of hydrogen-bond donors (Lipinski definition) is 3. The number of anilines is 1. The molecular weight excluding hydrogens is 286 g/mol. The normalized spacial score (nSPS) is 13.3. The summed E-state index contributed by atoms with van der Waals surface area (Å²) in [4.78, 5) is 23.8. The van der Waals surface area contributed by atoms with Crippen LogP contribution >= 0.6 is 0 Å². The van der Waals surface area contributed by atoms with Gasteiger partial charge in [-0.25, -0.2) is 4.68 Å². The lowest BCUT2D eigenvalue weighted by atomic mass is 9.80. The highest BCUT2D eigenvalue weighted by Crippen LogP contribution is 2.29. The van der Waals surface area contributed by atoms with Gasteiger partial charge in [0.15, 0.2) is 5.65 Å². The molecule has 2 heterocycles. The molecule has 0 saturated carbocycles. The van der Waals surface area contributed by atoms with Crippen molar-refractivity contribution in [3.05, 3.63) is 5.69 Å². The van der Waals surface area contributed by atoms with E-state index in [1.54, 1.807) is 32.5 Å². The molecule has 8 heteroatoms. The molecule has 0 spiro atoms. The van der Waals surface area contributed by atoms with Crippen LogP contribution in [-0.4, -0.2) is 37.0 Å². The SMILES string of the molecule is CCc1nn(C)c2n[nH]c(NC(=O)C(C(=O)O)C(C)(C)C)c12. The van der Waals surface area contributed by atoms with Crippen molar-refractivity contribution in [2.24, 2.45) is 18.4 Å². The largest absolute Gasteiger partial charge is 0.481 e. The average Bonchev–Trinajstić information content (AvgIpc) is 2.89. The van der Waals surface area contributed by atoms with E-state index in [9.17, 15) is 14.7 Å². The fraction of sp³-hybridized carbons (Fsp3) is 0.571. The molecule has 1 atom stereocenters. The van der Waals surface area contributed by atoms with Crippen molar-refractivity contribution in [3.63, 3.8) is 0 Å². The molecule has 120 valence electrons. The fourth-order valence-electron chi connectivity index (χ4n) is 2.53. The standard InChI is InChI=1S/C14H21N5O3/c1-6-7-8-10(16-17-11(8)19(5)18-7)15-12(20)9(13(21)22)14(2,3)4/h9H,6H2,1-5H3,(H,21,22)(H2,15,16,17,20). The Morgan fingerprint density at radius 3 is 2.55 bits per heavy atom. The molecule has 2 aromatic heterocycles. The molecule has 2 rings (SSSR count). The lowest BCUT2D eigenvalue weighted by Crippen LogP contribution is -2.39. The Hall–Kier alpha value is -2.38. The average molecular weight is 307 g/mol. The summed E-state index contributed by atoms with van der Waals surface area (Å²) in [6, 6.07) is 0. The Labute approximate surface area is 127 Å². The van der Waals surface area contributed by atoms with Crippen molar-refractivity contribution >= 4 is 28.7 Å². The highest BCUT2D eigenvalue weighted by Gasteiger charge is 2.38. The highest BCUT2D eigenvalue weighted by molar-refractivity contribution is 6.07. The van der Waals surface area contributed by atoms with Crippen LogP contribution in [0.15, 0.2) is 0 Å². The summed E-state index contributed by atoms with van der Waals surface area (Å²) in [5.41, 5.74) is 0.719. The molecule has 0 bridgehead atoms. The number of carboxylic acid groups (broad SMARTS) is 1. The zero-order valence-electron chi connectivity index (χ0n) is 13.4. The number of nitrogens with zero attached hydrogens (tertiary/aromatic N) is 3. The molecule has 0 aromatic carbocycles. The first-order chi connectivity index (χ1) is 10.2. The summed E-state index contributed by atoms with van der Waals surface area (Å²) in [7, 11) is 1.77. The van der Waals surface area contributed by atoms with Crippen LogP contribution in [0, 0.1) is 11.3 Å². The summed E-state index contributed by atoms with van der Waals surface area (Å²) in [5.74, 6) is -2.49. The number of aromatic amines is 1. The molecule has 0 aliphatic carbocycles. The number of nitrogens with one attached hydrogen (secondary N) is 2. The maximum atomic E-state index is 12.4. The number of carboxylic acids is 1. The molecule has 0 aliphatic heterocycles. The molecule has 1 unspecified atom stereocenters. The van der Waals surface area contributed by atoms with Gasteiger partial charge in [-0.3, -0.25) is 14.7 Å². The van der Waals surface area contributed by atoms with E-state index in [1.807, 2.05) is 6.92 Å². The van der Waals surface area contributed by atoms with Gasteiger partial charge in [-0.2, -0.15) is 10.2 Å². The van der Waals surface area contributed by atoms with E-state index in [1.165, 1.54) is 0 Å². The van der Waals surface area contributed by atoms with Gasteiger partial charge in [-0.15, -0.1) is 0 Å². The van der Waals surface area contributed by atoms with Crippen LogP contribution in [0.5, 0.6) is 0 Å². The Bertz CT molecular complexity index is 723. The molecular formula is C14H21N5O3. The first-order valence-electron chi connectivity index (χ1n) is 7.10. The zero-order valence-corrected chi connectivity index (χ0v) is 13.4. The van der Waals surface area contributed by atoms with Crippen LogP contribution in [0.1, 0.15) is 33.4 Å². The first kappa shape index (κ1) is 16.0. The van der Waals surface area contributed by atoms with Crippen molar-refractivity contribution in [2.45, 2.75) is 34.1 Å². The van der Waals surface area contributed by atoms with Crippen molar-refractivity contribution in [1.29, 1.82) is 0 Å². The number of aryl methyl sites for hydroxylation is 2. The number of H-pyrrole nitrogens is 1. The maximum absolute atomic E-state index is 12.4. The summed E-state index contributed by atoms with van der Waals surface area (Å²) >= 11 is 0. The molecule has 8 nitrogen and oxygen atoms in total. The van der Waals surface area contributed by atoms with E-state index < -0.39 is 23.2 Å². The second kappa shape index (κ2) is 5.43. The second-order valence-corrected chi connectivity index (χ2v) is 6.35. The van der Waals surface area contributed by atoms with Crippen LogP contribution in [0.25, 0.3) is 11.0 Å². The zero-order chi connectivity index (χ0) is 16.7. The van der Waals surface area contributed by atoms with Gasteiger partial charge in [0, 0.05) is 7.05 Å². The number of carbonyl (C=O) groups is 2. The molecule has 0 radical (unpaired) electrons. The van der Waals surface area contributed by atoms with Crippen LogP contribution in [0.2, 0.25) is 0 Å². The molecule has 0 fully saturated rings. The van der Waals surface area contributed by atoms with E-state index in [4.69, 9.17) is 0 Å². The Kier molecular flexibility index (Phi) is 3.95. The minimum atomic E-state index is -1.16. The van der Waals surface area contributed by atoms with Crippen LogP contribution in [0.4, 0.5) is 5.82 Å². The lowest BCUT2D eigenvalue weighted by molar-refractivity contribution is -0.149. The molecule has 2 aromatic rings. The Morgan fingerprint density at radius 2 is 2.05 bits per heavy atom. The van der Waals surface area contributed by atoms with Gasteiger partial charge in [0.1, 0.15) is 11.7 Å². The van der Waals surface area contributed by atoms with Gasteiger partial charge in [0.25, 0.3) is 0 Å². The minimum absolute atomic E-state index is 0.389. The fourth-order valence-corrected chi connectivity index (χ4v) is 2.53. The lowest BCUT2D eigenvalue weighted by Gasteiger charge is -2.25. The van der Waals surface area contributed by atoms with Crippen LogP contribution in [0.3, 0.4) is 0 Å². The van der Waals surface area contributed by atoms with Gasteiger partial charge in [0.2, 0.25) is 5.91 Å². The summed E-state index contributed by atoms with van der Waals surface area (Å²) in [6.45, 7) is 7.11. The van der Waals surface area contributed by atoms with Gasteiger partial charge < -0.3 is 10.4 Å². The van der Waals surface area contributed by atoms with E-state index in [2.05, 4.69) is 20.6 Å². The number of rotatable bonds is 4. The predicted octanol–water partition coefficient (Wildman–Crippen LogP) is 1.54. The predicted molar refractivity (Wildman–Crippen MR) is 81.4 cm³/mol. The monoisotopic (exact) mass is 307 g/mol. The summed E-state index contributed by atoms with van der Waals surface area (Å²) in [5, 5.41) is 23.9. The van der Waals surface area contributed by atoms with Crippen molar-refractivity contribution in [3.8, 4) is 0 Å². The number of fused-ring (bicyclic) bond motifs is 1. The van der Waals surface area contributed by atoms with E-state index in [-0.39, 0.29) is 0 Å².